The second kappa shape index (κ2) is 12.2. The van der Waals surface area contributed by atoms with Crippen LogP contribution in [0.3, 0.4) is 0 Å². The van der Waals surface area contributed by atoms with Crippen molar-refractivity contribution in [3.05, 3.63) is 188 Å². The van der Waals surface area contributed by atoms with Crippen LogP contribution < -0.4 is 4.90 Å². The van der Waals surface area contributed by atoms with E-state index in [1.54, 1.807) is 0 Å². The lowest BCUT2D eigenvalue weighted by Gasteiger charge is -2.27. The number of hydrogen-bond acceptors (Lipinski definition) is 3. The molecule has 240 valence electrons. The van der Waals surface area contributed by atoms with Crippen LogP contribution in [-0.2, 0) is 0 Å². The van der Waals surface area contributed by atoms with E-state index >= 15 is 0 Å². The van der Waals surface area contributed by atoms with Crippen molar-refractivity contribution in [1.82, 2.24) is 0 Å². The first-order valence-electron chi connectivity index (χ1n) is 17.3. The molecule has 0 radical (unpaired) electrons. The molecule has 0 N–H and O–H groups in total. The first-order valence-corrected chi connectivity index (χ1v) is 18.1. The maximum atomic E-state index is 6.63. The van der Waals surface area contributed by atoms with Gasteiger partial charge in [-0.2, -0.15) is 0 Å². The highest BCUT2D eigenvalue weighted by molar-refractivity contribution is 7.27. The van der Waals surface area contributed by atoms with E-state index in [1.165, 1.54) is 36.9 Å². The Bertz CT molecular complexity index is 2850. The Morgan fingerprint density at radius 1 is 0.373 bits per heavy atom. The summed E-state index contributed by atoms with van der Waals surface area (Å²) in [5.74, 6) is 0. The highest BCUT2D eigenvalue weighted by atomic mass is 32.1. The molecule has 0 aliphatic carbocycles. The number of nitrogens with zero attached hydrogens (tertiary/aromatic N) is 1. The molecule has 0 spiro atoms. The Morgan fingerprint density at radius 3 is 1.73 bits per heavy atom. The number of thiophene rings is 1. The summed E-state index contributed by atoms with van der Waals surface area (Å²) in [6, 6.07) is 67.2. The zero-order chi connectivity index (χ0) is 33.7. The van der Waals surface area contributed by atoms with Gasteiger partial charge in [0, 0.05) is 43.2 Å². The molecule has 8 aromatic carbocycles. The summed E-state index contributed by atoms with van der Waals surface area (Å²) in [6.45, 7) is 0. The van der Waals surface area contributed by atoms with Crippen molar-refractivity contribution in [2.45, 2.75) is 0 Å². The molecule has 51 heavy (non-hydrogen) atoms. The molecule has 0 amide bonds. The predicted molar refractivity (Wildman–Crippen MR) is 218 cm³/mol. The van der Waals surface area contributed by atoms with Gasteiger partial charge in [-0.3, -0.25) is 0 Å². The molecule has 2 aromatic heterocycles. The van der Waals surface area contributed by atoms with E-state index in [2.05, 4.69) is 187 Å². The van der Waals surface area contributed by atoms with Crippen molar-refractivity contribution in [2.75, 3.05) is 4.90 Å². The molecule has 2 nitrogen and oxygen atoms in total. The topological polar surface area (TPSA) is 16.4 Å². The normalized spacial score (nSPS) is 11.5. The van der Waals surface area contributed by atoms with Crippen LogP contribution in [0.2, 0.25) is 0 Å². The molecule has 0 atom stereocenters. The number of hydrogen-bond donors (Lipinski definition) is 0. The lowest BCUT2D eigenvalue weighted by Crippen LogP contribution is -2.10. The van der Waals surface area contributed by atoms with Gasteiger partial charge in [-0.05, 0) is 64.2 Å². The van der Waals surface area contributed by atoms with Crippen LogP contribution >= 0.6 is 11.3 Å². The summed E-state index contributed by atoms with van der Waals surface area (Å²) in [4.78, 5) is 2.41. The zero-order valence-corrected chi connectivity index (χ0v) is 28.5. The maximum absolute atomic E-state index is 6.63. The molecule has 0 fully saturated rings. The minimum atomic E-state index is 0.898. The Labute approximate surface area is 300 Å². The molecule has 0 saturated heterocycles. The largest absolute Gasteiger partial charge is 0.455 e. The summed E-state index contributed by atoms with van der Waals surface area (Å²) in [6.07, 6.45) is 0. The fourth-order valence-electron chi connectivity index (χ4n) is 7.55. The van der Waals surface area contributed by atoms with Crippen LogP contribution in [0, 0.1) is 0 Å². The van der Waals surface area contributed by atoms with E-state index < -0.39 is 0 Å². The molecular weight excluding hydrogens is 639 g/mol. The molecular formula is C48H31NOS. The summed E-state index contributed by atoms with van der Waals surface area (Å²) >= 11 is 1.88. The summed E-state index contributed by atoms with van der Waals surface area (Å²) in [5.41, 5.74) is 12.2. The van der Waals surface area contributed by atoms with E-state index in [1.807, 2.05) is 17.4 Å². The van der Waals surface area contributed by atoms with Crippen molar-refractivity contribution in [3.8, 4) is 33.4 Å². The lowest BCUT2D eigenvalue weighted by atomic mass is 9.92. The number of rotatable bonds is 6. The maximum Gasteiger partial charge on any atom is 0.143 e. The molecule has 0 aliphatic heterocycles. The van der Waals surface area contributed by atoms with Gasteiger partial charge >= 0.3 is 0 Å². The molecule has 0 bridgehead atoms. The summed E-state index contributed by atoms with van der Waals surface area (Å²) < 4.78 is 9.18. The molecule has 10 aromatic rings. The monoisotopic (exact) mass is 669 g/mol. The second-order valence-electron chi connectivity index (χ2n) is 12.9. The minimum absolute atomic E-state index is 0.898. The third-order valence-electron chi connectivity index (χ3n) is 9.88. The van der Waals surface area contributed by atoms with Gasteiger partial charge in [0.1, 0.15) is 11.2 Å². The first kappa shape index (κ1) is 29.5. The van der Waals surface area contributed by atoms with E-state index in [9.17, 15) is 0 Å². The van der Waals surface area contributed by atoms with Gasteiger partial charge in [-0.1, -0.05) is 152 Å². The van der Waals surface area contributed by atoms with E-state index in [0.717, 1.165) is 55.7 Å². The first-order chi connectivity index (χ1) is 25.3. The Kier molecular flexibility index (Phi) is 7.04. The third kappa shape index (κ3) is 4.93. The van der Waals surface area contributed by atoms with Gasteiger partial charge in [-0.25, -0.2) is 0 Å². The van der Waals surface area contributed by atoms with E-state index in [-0.39, 0.29) is 0 Å². The molecule has 3 heteroatoms. The van der Waals surface area contributed by atoms with Crippen molar-refractivity contribution >= 4 is 70.5 Å². The molecule has 10 rings (SSSR count). The predicted octanol–water partition coefficient (Wildman–Crippen LogP) is 14.4. The SMILES string of the molecule is c1ccc(-c2ccc(N(c3ccccc3)c3cccc4c3sc3c(-c5ccccc5)cccc34)cc2-c2cccc3c2oc2ccccc23)cc1. The standard InChI is InChI=1S/C48H31NOS/c1-4-15-32(16-5-1)36-30-29-35(31-43(36)40-24-13-23-39-38-21-10-11-28-45(38)50-46(39)40)49(34-19-8-3-9-20-34)44-27-14-26-42-41-25-12-22-37(47(41)51-48(42)44)33-17-6-2-7-18-33/h1-31H. The molecule has 0 unspecified atom stereocenters. The van der Waals surface area contributed by atoms with Gasteiger partial charge in [0.25, 0.3) is 0 Å². The summed E-state index contributed by atoms with van der Waals surface area (Å²) in [5, 5.41) is 4.79. The second-order valence-corrected chi connectivity index (χ2v) is 13.9. The van der Waals surface area contributed by atoms with E-state index in [4.69, 9.17) is 4.42 Å². The average Bonchev–Trinajstić information content (AvgIpc) is 3.78. The molecule has 2 heterocycles. The molecule has 0 aliphatic rings. The minimum Gasteiger partial charge on any atom is -0.455 e. The van der Waals surface area contributed by atoms with Gasteiger partial charge in [-0.15, -0.1) is 11.3 Å². The van der Waals surface area contributed by atoms with Crippen molar-refractivity contribution in [2.24, 2.45) is 0 Å². The highest BCUT2D eigenvalue weighted by Gasteiger charge is 2.22. The van der Waals surface area contributed by atoms with Crippen molar-refractivity contribution in [1.29, 1.82) is 0 Å². The number of fused-ring (bicyclic) bond motifs is 6. The number of benzene rings is 8. The highest BCUT2D eigenvalue weighted by Crippen LogP contribution is 2.49. The summed E-state index contributed by atoms with van der Waals surface area (Å²) in [7, 11) is 0. The van der Waals surface area contributed by atoms with Crippen LogP contribution in [0.25, 0.3) is 75.5 Å². The fraction of sp³-hybridized carbons (Fsp3) is 0. The van der Waals surface area contributed by atoms with Crippen molar-refractivity contribution in [3.63, 3.8) is 0 Å². The zero-order valence-electron chi connectivity index (χ0n) is 27.7. The van der Waals surface area contributed by atoms with Crippen molar-refractivity contribution < 1.29 is 4.42 Å². The van der Waals surface area contributed by atoms with Gasteiger partial charge < -0.3 is 9.32 Å². The average molecular weight is 670 g/mol. The van der Waals surface area contributed by atoms with Crippen LogP contribution in [-0.4, -0.2) is 0 Å². The van der Waals surface area contributed by atoms with E-state index in [0.29, 0.717) is 0 Å². The van der Waals surface area contributed by atoms with Crippen LogP contribution in [0.15, 0.2) is 192 Å². The van der Waals surface area contributed by atoms with Gasteiger partial charge in [0.05, 0.1) is 10.4 Å². The number of para-hydroxylation sites is 3. The van der Waals surface area contributed by atoms with Gasteiger partial charge in [0.2, 0.25) is 0 Å². The lowest BCUT2D eigenvalue weighted by molar-refractivity contribution is 0.670. The Morgan fingerprint density at radius 2 is 0.961 bits per heavy atom. The van der Waals surface area contributed by atoms with Crippen LogP contribution in [0.1, 0.15) is 0 Å². The van der Waals surface area contributed by atoms with Gasteiger partial charge in [0.15, 0.2) is 0 Å². The van der Waals surface area contributed by atoms with Crippen LogP contribution in [0.5, 0.6) is 0 Å². The number of furan rings is 1. The quantitative estimate of drug-likeness (QED) is 0.175. The number of anilines is 3. The van der Waals surface area contributed by atoms with Crippen LogP contribution in [0.4, 0.5) is 17.1 Å². The third-order valence-corrected chi connectivity index (χ3v) is 11.2. The molecule has 0 saturated carbocycles. The fourth-order valence-corrected chi connectivity index (χ4v) is 8.89. The smallest absolute Gasteiger partial charge is 0.143 e. The Balaban J connectivity index is 1.24. The Hall–Kier alpha value is -6.42.